The minimum absolute atomic E-state index is 0.713. The average Bonchev–Trinajstić information content (AvgIpc) is 2.72. The molecule has 0 spiro atoms. The van der Waals surface area contributed by atoms with E-state index >= 15 is 0 Å². The fourth-order valence-corrected chi connectivity index (χ4v) is 1.74. The van der Waals surface area contributed by atoms with E-state index in [1.54, 1.807) is 6.26 Å². The summed E-state index contributed by atoms with van der Waals surface area (Å²) >= 11 is 3.45. The molecule has 0 saturated carbocycles. The molecule has 1 heterocycles. The Morgan fingerprint density at radius 3 is 2.93 bits per heavy atom. The highest BCUT2D eigenvalue weighted by Crippen LogP contribution is 2.21. The second-order valence-corrected chi connectivity index (χ2v) is 4.31. The lowest BCUT2D eigenvalue weighted by molar-refractivity contribution is 0.518. The first kappa shape index (κ1) is 10.3. The van der Waals surface area contributed by atoms with E-state index in [9.17, 15) is 0 Å². The molecule has 0 aliphatic heterocycles. The van der Waals surface area contributed by atoms with Crippen LogP contribution in [0.1, 0.15) is 11.3 Å². The summed E-state index contributed by atoms with van der Waals surface area (Å²) in [7, 11) is 0. The Labute approximate surface area is 97.4 Å². The van der Waals surface area contributed by atoms with Gasteiger partial charge in [0.2, 0.25) is 0 Å². The van der Waals surface area contributed by atoms with Crippen LogP contribution in [0.4, 0.5) is 5.69 Å². The molecule has 1 aromatic carbocycles. The van der Waals surface area contributed by atoms with E-state index in [2.05, 4.69) is 40.3 Å². The number of furan rings is 1. The van der Waals surface area contributed by atoms with Crippen molar-refractivity contribution in [1.82, 2.24) is 0 Å². The van der Waals surface area contributed by atoms with Gasteiger partial charge in [-0.25, -0.2) is 0 Å². The van der Waals surface area contributed by atoms with Crippen molar-refractivity contribution in [3.63, 3.8) is 0 Å². The van der Waals surface area contributed by atoms with Crippen LogP contribution in [0.5, 0.6) is 0 Å². The molecular weight excluding hydrogens is 254 g/mol. The van der Waals surface area contributed by atoms with Crippen LogP contribution in [0.25, 0.3) is 0 Å². The molecule has 0 amide bonds. The van der Waals surface area contributed by atoms with Gasteiger partial charge in [0.15, 0.2) is 0 Å². The summed E-state index contributed by atoms with van der Waals surface area (Å²) in [4.78, 5) is 0. The van der Waals surface area contributed by atoms with Gasteiger partial charge in [-0.2, -0.15) is 0 Å². The highest BCUT2D eigenvalue weighted by atomic mass is 79.9. The molecule has 15 heavy (non-hydrogen) atoms. The van der Waals surface area contributed by atoms with Gasteiger partial charge >= 0.3 is 0 Å². The number of hydrogen-bond donors (Lipinski definition) is 1. The molecule has 0 bridgehead atoms. The number of halogens is 1. The van der Waals surface area contributed by atoms with Crippen LogP contribution in [0.2, 0.25) is 0 Å². The second-order valence-electron chi connectivity index (χ2n) is 3.39. The summed E-state index contributed by atoms with van der Waals surface area (Å²) < 4.78 is 6.33. The Morgan fingerprint density at radius 1 is 1.33 bits per heavy atom. The van der Waals surface area contributed by atoms with Crippen molar-refractivity contribution in [3.8, 4) is 0 Å². The van der Waals surface area contributed by atoms with Crippen molar-refractivity contribution in [2.75, 3.05) is 5.32 Å². The van der Waals surface area contributed by atoms with Crippen molar-refractivity contribution in [3.05, 3.63) is 52.4 Å². The number of hydrogen-bond acceptors (Lipinski definition) is 2. The third-order valence-corrected chi connectivity index (χ3v) is 2.73. The lowest BCUT2D eigenvalue weighted by Gasteiger charge is -2.08. The summed E-state index contributed by atoms with van der Waals surface area (Å²) in [6.45, 7) is 2.79. The molecule has 2 nitrogen and oxygen atoms in total. The van der Waals surface area contributed by atoms with Crippen molar-refractivity contribution in [2.45, 2.75) is 13.5 Å². The monoisotopic (exact) mass is 265 g/mol. The third kappa shape index (κ3) is 2.63. The molecule has 0 radical (unpaired) electrons. The van der Waals surface area contributed by atoms with E-state index < -0.39 is 0 Å². The van der Waals surface area contributed by atoms with E-state index in [1.165, 1.54) is 5.56 Å². The summed E-state index contributed by atoms with van der Waals surface area (Å²) in [6, 6.07) is 10.0. The minimum atomic E-state index is 0.713. The van der Waals surface area contributed by atoms with E-state index in [4.69, 9.17) is 4.42 Å². The van der Waals surface area contributed by atoms with E-state index in [1.807, 2.05) is 18.2 Å². The van der Waals surface area contributed by atoms with Crippen molar-refractivity contribution >= 4 is 21.6 Å². The molecule has 0 saturated heterocycles. The van der Waals surface area contributed by atoms with Crippen molar-refractivity contribution in [2.24, 2.45) is 0 Å². The normalized spacial score (nSPS) is 10.3. The van der Waals surface area contributed by atoms with Crippen LogP contribution in [-0.2, 0) is 6.54 Å². The molecule has 0 unspecified atom stereocenters. The Morgan fingerprint density at radius 2 is 2.20 bits per heavy atom. The van der Waals surface area contributed by atoms with Crippen LogP contribution in [-0.4, -0.2) is 0 Å². The zero-order chi connectivity index (χ0) is 10.7. The van der Waals surface area contributed by atoms with Crippen molar-refractivity contribution in [1.29, 1.82) is 0 Å². The van der Waals surface area contributed by atoms with Crippen LogP contribution in [0, 0.1) is 6.92 Å². The molecule has 0 fully saturated rings. The zero-order valence-corrected chi connectivity index (χ0v) is 10.0. The topological polar surface area (TPSA) is 25.2 Å². The third-order valence-electron chi connectivity index (χ3n) is 2.23. The van der Waals surface area contributed by atoms with E-state index in [0.717, 1.165) is 15.9 Å². The van der Waals surface area contributed by atoms with Gasteiger partial charge in [0.25, 0.3) is 0 Å². The van der Waals surface area contributed by atoms with Crippen LogP contribution in [0.15, 0.2) is 45.5 Å². The van der Waals surface area contributed by atoms with Crippen LogP contribution < -0.4 is 5.32 Å². The van der Waals surface area contributed by atoms with Gasteiger partial charge in [0.05, 0.1) is 12.8 Å². The minimum Gasteiger partial charge on any atom is -0.467 e. The van der Waals surface area contributed by atoms with E-state index in [0.29, 0.717) is 6.54 Å². The maximum absolute atomic E-state index is 5.25. The van der Waals surface area contributed by atoms with Crippen LogP contribution >= 0.6 is 15.9 Å². The predicted molar refractivity (Wildman–Crippen MR) is 64.9 cm³/mol. The summed E-state index contributed by atoms with van der Waals surface area (Å²) in [6.07, 6.45) is 1.69. The first-order chi connectivity index (χ1) is 7.25. The molecule has 2 aromatic rings. The van der Waals surface area contributed by atoms with Gasteiger partial charge in [0, 0.05) is 10.2 Å². The van der Waals surface area contributed by atoms with Gasteiger partial charge in [-0.15, -0.1) is 0 Å². The molecule has 0 aliphatic carbocycles. The van der Waals surface area contributed by atoms with Crippen molar-refractivity contribution < 1.29 is 4.42 Å². The standard InChI is InChI=1S/C12H12BrNO/c1-9-4-5-10(13)7-12(9)14-8-11-3-2-6-15-11/h2-7,14H,8H2,1H3. The van der Waals surface area contributed by atoms with Gasteiger partial charge in [-0.3, -0.25) is 0 Å². The number of rotatable bonds is 3. The maximum atomic E-state index is 5.25. The Hall–Kier alpha value is -1.22. The fourth-order valence-electron chi connectivity index (χ4n) is 1.38. The number of aryl methyl sites for hydroxylation is 1. The molecule has 0 aliphatic rings. The molecule has 78 valence electrons. The lowest BCUT2D eigenvalue weighted by atomic mass is 10.2. The molecule has 1 N–H and O–H groups in total. The Kier molecular flexibility index (Phi) is 3.11. The van der Waals surface area contributed by atoms with Gasteiger partial charge in [-0.1, -0.05) is 22.0 Å². The highest BCUT2D eigenvalue weighted by Gasteiger charge is 2.00. The fraction of sp³-hybridized carbons (Fsp3) is 0.167. The largest absolute Gasteiger partial charge is 0.467 e. The Balaban J connectivity index is 2.07. The smallest absolute Gasteiger partial charge is 0.122 e. The Bertz CT molecular complexity index is 437. The number of benzene rings is 1. The quantitative estimate of drug-likeness (QED) is 0.909. The molecular formula is C12H12BrNO. The SMILES string of the molecule is Cc1ccc(Br)cc1NCc1ccco1. The zero-order valence-electron chi connectivity index (χ0n) is 8.46. The number of nitrogens with one attached hydrogen (secondary N) is 1. The number of anilines is 1. The second kappa shape index (κ2) is 4.53. The maximum Gasteiger partial charge on any atom is 0.122 e. The average molecular weight is 266 g/mol. The molecule has 3 heteroatoms. The molecule has 2 rings (SSSR count). The predicted octanol–water partition coefficient (Wildman–Crippen LogP) is 3.96. The first-order valence-corrected chi connectivity index (χ1v) is 5.57. The van der Waals surface area contributed by atoms with Gasteiger partial charge < -0.3 is 9.73 Å². The van der Waals surface area contributed by atoms with Gasteiger partial charge in [0.1, 0.15) is 5.76 Å². The van der Waals surface area contributed by atoms with E-state index in [-0.39, 0.29) is 0 Å². The highest BCUT2D eigenvalue weighted by molar-refractivity contribution is 9.10. The summed E-state index contributed by atoms with van der Waals surface area (Å²) in [5.41, 5.74) is 2.35. The summed E-state index contributed by atoms with van der Waals surface area (Å²) in [5, 5.41) is 3.33. The molecule has 1 aromatic heterocycles. The van der Waals surface area contributed by atoms with Crippen LogP contribution in [0.3, 0.4) is 0 Å². The molecule has 0 atom stereocenters. The van der Waals surface area contributed by atoms with Gasteiger partial charge in [-0.05, 0) is 36.8 Å². The first-order valence-electron chi connectivity index (χ1n) is 4.78. The summed E-state index contributed by atoms with van der Waals surface area (Å²) in [5.74, 6) is 0.939. The lowest BCUT2D eigenvalue weighted by Crippen LogP contribution is -1.99.